The van der Waals surface area contributed by atoms with Gasteiger partial charge in [0.05, 0.1) is 91.6 Å². The summed E-state index contributed by atoms with van der Waals surface area (Å²) in [4.78, 5) is 154. The predicted molar refractivity (Wildman–Crippen MR) is 465 cm³/mol. The number of rotatable bonds is 31. The van der Waals surface area contributed by atoms with Gasteiger partial charge in [-0.2, -0.15) is 0 Å². The van der Waals surface area contributed by atoms with Crippen molar-refractivity contribution in [3.63, 3.8) is 0 Å². The number of ether oxygens (including phenoxy) is 11. The van der Waals surface area contributed by atoms with Crippen molar-refractivity contribution in [3.05, 3.63) is 289 Å². The molecule has 7 aromatic carbocycles. The number of methoxy groups -OCH3 is 6. The molecule has 8 aliphatic rings. The summed E-state index contributed by atoms with van der Waals surface area (Å²) in [5.41, 5.74) is 8.01. The van der Waals surface area contributed by atoms with E-state index in [9.17, 15) is 57.5 Å². The van der Waals surface area contributed by atoms with Gasteiger partial charge in [0.15, 0.2) is 46.2 Å². The quantitative estimate of drug-likeness (QED) is 0.0340. The van der Waals surface area contributed by atoms with Gasteiger partial charge in [-0.25, -0.2) is 0 Å². The molecule has 29 heteroatoms. The zero-order valence-electron chi connectivity index (χ0n) is 71.3. The van der Waals surface area contributed by atoms with E-state index in [1.807, 2.05) is 47.1 Å². The number of ketones is 12. The van der Waals surface area contributed by atoms with Crippen LogP contribution in [0.25, 0.3) is 0 Å². The van der Waals surface area contributed by atoms with Crippen LogP contribution in [0, 0.1) is 5.92 Å². The first kappa shape index (κ1) is 94.0. The molecule has 0 saturated carbocycles. The Morgan fingerprint density at radius 1 is 0.312 bits per heavy atom. The second-order valence-corrected chi connectivity index (χ2v) is 28.9. The van der Waals surface area contributed by atoms with E-state index in [4.69, 9.17) is 52.1 Å². The molecule has 0 amide bonds. The van der Waals surface area contributed by atoms with Gasteiger partial charge in [-0.15, -0.1) is 0 Å². The highest BCUT2D eigenvalue weighted by molar-refractivity contribution is 6.29. The number of nitrogens with one attached hydrogen (secondary N) is 3. The Morgan fingerprint density at radius 2 is 0.616 bits per heavy atom. The molecule has 0 aromatic heterocycles. The van der Waals surface area contributed by atoms with Crippen LogP contribution in [0.5, 0.6) is 23.0 Å². The molecule has 0 bridgehead atoms. The molecular weight excluding hydrogens is 1610 g/mol. The number of carbonyl (C=O) groups excluding carboxylic acids is 12. The number of carbonyl (C=O) groups is 12. The Balaban J connectivity index is 0.000000158. The van der Waals surface area contributed by atoms with Gasteiger partial charge in [-0.3, -0.25) is 57.5 Å². The van der Waals surface area contributed by atoms with Crippen LogP contribution in [0.2, 0.25) is 0 Å². The highest BCUT2D eigenvalue weighted by atomic mass is 16.6. The van der Waals surface area contributed by atoms with E-state index < -0.39 is 0 Å². The van der Waals surface area contributed by atoms with Gasteiger partial charge >= 0.3 is 0 Å². The molecule has 0 unspecified atom stereocenters. The van der Waals surface area contributed by atoms with Gasteiger partial charge in [0, 0.05) is 199 Å². The maximum atomic E-state index is 13.5. The lowest BCUT2D eigenvalue weighted by Gasteiger charge is -2.33. The summed E-state index contributed by atoms with van der Waals surface area (Å²) in [5.74, 6) is -0.441. The van der Waals surface area contributed by atoms with Crippen molar-refractivity contribution in [3.8, 4) is 23.0 Å². The van der Waals surface area contributed by atoms with Crippen LogP contribution in [0.3, 0.4) is 0 Å². The van der Waals surface area contributed by atoms with E-state index in [-0.39, 0.29) is 111 Å². The molecule has 2 aliphatic heterocycles. The van der Waals surface area contributed by atoms with Crippen LogP contribution >= 0.6 is 0 Å². The summed E-state index contributed by atoms with van der Waals surface area (Å²) in [6.07, 6.45) is 8.28. The number of hydrogen-bond acceptors (Lipinski definition) is 29. The number of fused-ring (bicyclic) bond motifs is 11. The smallest absolute Gasteiger partial charge is 0.213 e. The molecule has 125 heavy (non-hydrogen) atoms. The number of para-hydroxylation sites is 1. The number of nitrogens with zero attached hydrogens (tertiary/aromatic N) is 3. The SMILES string of the molecule is CC(C)CNC1=CC(=O)c2ccccc2C1=O.CCOCCNC1=CC(=O)c2ccccc2C1=O.COCCN(C1=CC(=O)c2ccccc2C1=O)c1ccccc1.COCCN(CCOC)C1=CC(=O)c2c3c(c4c(c2C1=O)OCCO4)OCCO3.COCCN(CCOC)C1=CC(=O)c2ccccc2C1=O.COCCNC1=CC(=O)c2ccccc2C1=O. The molecule has 654 valence electrons. The Bertz CT molecular complexity index is 5350. The maximum absolute atomic E-state index is 13.5. The normalized spacial score (nSPS) is 14.7. The summed E-state index contributed by atoms with van der Waals surface area (Å²) >= 11 is 0. The number of anilines is 1. The fraction of sp³-hybridized carbons (Fsp3) is 0.312. The predicted octanol–water partition coefficient (Wildman–Crippen LogP) is 10.7. The van der Waals surface area contributed by atoms with Crippen LogP contribution in [0.1, 0.15) is 145 Å². The lowest BCUT2D eigenvalue weighted by molar-refractivity contribution is 0.0880. The molecule has 0 saturated heterocycles. The summed E-state index contributed by atoms with van der Waals surface area (Å²) in [7, 11) is 9.56. The van der Waals surface area contributed by atoms with E-state index in [0.29, 0.717) is 220 Å². The Kier molecular flexibility index (Phi) is 35.2. The van der Waals surface area contributed by atoms with Crippen molar-refractivity contribution >= 4 is 75.1 Å². The topological polar surface area (TPSA) is 352 Å². The third kappa shape index (κ3) is 23.6. The molecule has 0 atom stereocenters. The second-order valence-electron chi connectivity index (χ2n) is 28.9. The Morgan fingerprint density at radius 3 is 1.00 bits per heavy atom. The molecule has 2 heterocycles. The van der Waals surface area contributed by atoms with Crippen molar-refractivity contribution in [2.75, 3.05) is 179 Å². The van der Waals surface area contributed by atoms with Crippen molar-refractivity contribution < 1.29 is 110 Å². The van der Waals surface area contributed by atoms with Crippen molar-refractivity contribution in [2.45, 2.75) is 20.8 Å². The van der Waals surface area contributed by atoms with E-state index >= 15 is 0 Å². The second kappa shape index (κ2) is 46.8. The molecule has 15 rings (SSSR count). The Hall–Kier alpha value is -13.3. The molecule has 0 spiro atoms. The lowest BCUT2D eigenvalue weighted by Crippen LogP contribution is -2.37. The van der Waals surface area contributed by atoms with Gasteiger partial charge in [0.1, 0.15) is 26.4 Å². The first-order chi connectivity index (χ1) is 60.6. The fourth-order valence-corrected chi connectivity index (χ4v) is 13.9. The van der Waals surface area contributed by atoms with E-state index in [2.05, 4.69) is 29.8 Å². The fourth-order valence-electron chi connectivity index (χ4n) is 13.9. The van der Waals surface area contributed by atoms with Crippen LogP contribution in [-0.4, -0.2) is 253 Å². The summed E-state index contributed by atoms with van der Waals surface area (Å²) in [5, 5.41) is 8.89. The van der Waals surface area contributed by atoms with E-state index in [1.165, 1.54) is 36.5 Å². The minimum Gasteiger partial charge on any atom is -0.485 e. The minimum atomic E-state index is -0.340. The zero-order chi connectivity index (χ0) is 89.5. The molecule has 29 nitrogen and oxygen atoms in total. The average molecular weight is 1710 g/mol. The van der Waals surface area contributed by atoms with Crippen LogP contribution in [0.4, 0.5) is 5.69 Å². The minimum absolute atomic E-state index is 0.0964. The van der Waals surface area contributed by atoms with Crippen molar-refractivity contribution in [2.24, 2.45) is 5.92 Å². The molecule has 6 aliphatic carbocycles. The molecule has 3 N–H and O–H groups in total. The summed E-state index contributed by atoms with van der Waals surface area (Å²) in [6.45, 7) is 15.2. The third-order valence-corrected chi connectivity index (χ3v) is 20.1. The van der Waals surface area contributed by atoms with Gasteiger partial charge in [-0.05, 0) is 25.0 Å². The number of hydrogen-bond donors (Lipinski definition) is 3. The molecule has 0 fully saturated rings. The highest BCUT2D eigenvalue weighted by Gasteiger charge is 2.42. The highest BCUT2D eigenvalue weighted by Crippen LogP contribution is 2.54. The number of benzene rings is 7. The molecular formula is C96H102N6O23. The largest absolute Gasteiger partial charge is 0.485 e. The Labute approximate surface area is 724 Å². The van der Waals surface area contributed by atoms with Crippen LogP contribution < -0.4 is 39.8 Å². The van der Waals surface area contributed by atoms with E-state index in [0.717, 1.165) is 5.69 Å². The lowest BCUT2D eigenvalue weighted by atomic mass is 9.89. The number of Topliss-reactive ketones (excluding diaryl/α,β-unsaturated/α-hetero) is 6. The van der Waals surface area contributed by atoms with E-state index in [1.54, 1.807) is 169 Å². The van der Waals surface area contributed by atoms with Gasteiger partial charge in [0.25, 0.3) is 0 Å². The number of allylic oxidation sites excluding steroid dienone is 12. The summed E-state index contributed by atoms with van der Waals surface area (Å²) < 4.78 is 58.6. The van der Waals surface area contributed by atoms with Gasteiger partial charge in [0.2, 0.25) is 46.2 Å². The average Bonchev–Trinajstić information content (AvgIpc) is 0.722. The van der Waals surface area contributed by atoms with Crippen molar-refractivity contribution in [1.82, 2.24) is 25.8 Å². The molecule has 7 aromatic rings. The van der Waals surface area contributed by atoms with Crippen molar-refractivity contribution in [1.29, 1.82) is 0 Å². The monoisotopic (exact) mass is 1710 g/mol. The maximum Gasteiger partial charge on any atom is 0.213 e. The molecule has 0 radical (unpaired) electrons. The van der Waals surface area contributed by atoms with Gasteiger partial charge < -0.3 is 82.8 Å². The first-order valence-corrected chi connectivity index (χ1v) is 40.7. The zero-order valence-corrected chi connectivity index (χ0v) is 71.3. The summed E-state index contributed by atoms with van der Waals surface area (Å²) in [6, 6.07) is 44.0. The standard InChI is InChI=1S/C20H23NO8.C19H17NO3.C16H19NO4.C14H15NO3.C14H15NO2.C13H13NO3/c1-24-5-3-21(4-6-25-2)12-11-13(22)14-15(16(12)23)18-20(29-10-8-27-18)19-17(14)26-7-9-28-19;1-23-12-11-20(14-7-3-2-4-8-14)17-13-18(21)15-9-5-6-10-16(15)19(17)22;1-20-9-7-17(8-10-21-2)14-11-15(18)12-5-3-4-6-13(12)16(14)19;1-2-18-8-7-15-12-9-13(16)10-5-3-4-6-11(10)14(12)17;1-9(2)8-15-12-7-13(16)10-5-3-4-6-11(10)14(12)17;1-17-7-6-14-11-8-12(15)9-4-2-3-5-10(9)13(11)16/h11H,3-10H2,1-2H3;2-10,13H,11-12H2,1H3;3-6,11H,7-10H2,1-2H3;3-6,9,15H,2,7-8H2,1H3;3-7,9,15H,8H2,1-2H3;2-5,8,14H,6-7H2,1H3. The van der Waals surface area contributed by atoms with Crippen LogP contribution in [-0.2, 0) is 33.2 Å². The van der Waals surface area contributed by atoms with Gasteiger partial charge in [-0.1, -0.05) is 153 Å². The first-order valence-electron chi connectivity index (χ1n) is 40.7. The third-order valence-electron chi connectivity index (χ3n) is 20.1. The van der Waals surface area contributed by atoms with Crippen LogP contribution in [0.15, 0.2) is 222 Å².